The Morgan fingerprint density at radius 2 is 1.81 bits per heavy atom. The van der Waals surface area contributed by atoms with Crippen molar-refractivity contribution in [3.8, 4) is 17.2 Å². The number of aryl methyl sites for hydroxylation is 1. The number of benzene rings is 2. The van der Waals surface area contributed by atoms with E-state index in [0.717, 1.165) is 5.56 Å². The number of amides is 1. The fraction of sp³-hybridized carbons (Fsp3) is 0.333. The molecule has 1 aromatic heterocycles. The highest BCUT2D eigenvalue weighted by Crippen LogP contribution is 2.25. The molecule has 0 saturated carbocycles. The lowest BCUT2D eigenvalue weighted by Gasteiger charge is -2.17. The zero-order valence-corrected chi connectivity index (χ0v) is 19.3. The van der Waals surface area contributed by atoms with Gasteiger partial charge in [-0.1, -0.05) is 37.3 Å². The first-order valence-corrected chi connectivity index (χ1v) is 12.3. The van der Waals surface area contributed by atoms with Gasteiger partial charge in [-0.25, -0.2) is 13.4 Å². The molecule has 0 aliphatic heterocycles. The van der Waals surface area contributed by atoms with E-state index in [0.29, 0.717) is 41.5 Å². The van der Waals surface area contributed by atoms with E-state index in [1.165, 1.54) is 0 Å². The zero-order chi connectivity index (χ0) is 23.1. The number of aromatic nitrogens is 1. The van der Waals surface area contributed by atoms with Gasteiger partial charge in [-0.05, 0) is 49.6 Å². The average molecular weight is 457 g/mol. The van der Waals surface area contributed by atoms with Crippen molar-refractivity contribution in [1.29, 1.82) is 0 Å². The van der Waals surface area contributed by atoms with E-state index >= 15 is 0 Å². The first kappa shape index (κ1) is 23.5. The number of methoxy groups -OCH3 is 1. The molecule has 1 heterocycles. The molecule has 0 aliphatic rings. The molecule has 1 N–H and O–H groups in total. The molecule has 32 heavy (non-hydrogen) atoms. The second-order valence-electron chi connectivity index (χ2n) is 7.65. The van der Waals surface area contributed by atoms with E-state index in [1.54, 1.807) is 38.3 Å². The minimum absolute atomic E-state index is 0.129. The molecule has 0 bridgehead atoms. The van der Waals surface area contributed by atoms with Crippen molar-refractivity contribution in [2.75, 3.05) is 12.9 Å². The van der Waals surface area contributed by atoms with Crippen LogP contribution in [0.25, 0.3) is 11.5 Å². The van der Waals surface area contributed by atoms with Crippen LogP contribution in [0.1, 0.15) is 30.4 Å². The van der Waals surface area contributed by atoms with Crippen molar-refractivity contribution in [3.63, 3.8) is 0 Å². The van der Waals surface area contributed by atoms with Crippen LogP contribution in [0, 0.1) is 6.92 Å². The van der Waals surface area contributed by atoms with Crippen LogP contribution < -0.4 is 10.1 Å². The zero-order valence-electron chi connectivity index (χ0n) is 18.5. The van der Waals surface area contributed by atoms with Crippen molar-refractivity contribution in [2.45, 2.75) is 38.5 Å². The summed E-state index contributed by atoms with van der Waals surface area (Å²) in [7, 11) is -2.14. The van der Waals surface area contributed by atoms with E-state index in [4.69, 9.17) is 9.15 Å². The molecule has 0 aliphatic carbocycles. The molecule has 3 aromatic rings. The molecule has 3 rings (SSSR count). The SMILES string of the molecule is CC[C@H](Cc1ccccc1)NC(=O)CS(=O)(=O)Cc1nc(-c2ccc(OC)cc2)oc1C. The fourth-order valence-corrected chi connectivity index (χ4v) is 4.61. The molecule has 7 nitrogen and oxygen atoms in total. The largest absolute Gasteiger partial charge is 0.497 e. The number of ether oxygens (including phenoxy) is 1. The van der Waals surface area contributed by atoms with Gasteiger partial charge in [0.15, 0.2) is 9.84 Å². The lowest BCUT2D eigenvalue weighted by Crippen LogP contribution is -2.39. The van der Waals surface area contributed by atoms with E-state index in [2.05, 4.69) is 10.3 Å². The maximum Gasteiger partial charge on any atom is 0.235 e. The van der Waals surface area contributed by atoms with Gasteiger partial charge >= 0.3 is 0 Å². The number of nitrogens with one attached hydrogen (secondary N) is 1. The van der Waals surface area contributed by atoms with E-state index < -0.39 is 21.5 Å². The Morgan fingerprint density at radius 1 is 1.12 bits per heavy atom. The third-order valence-electron chi connectivity index (χ3n) is 5.12. The normalized spacial score (nSPS) is 12.3. The molecular weight excluding hydrogens is 428 g/mol. The standard InChI is InChI=1S/C24H28N2O5S/c1-4-20(14-18-8-6-5-7-9-18)25-23(27)16-32(28,29)15-22-17(2)31-24(26-22)19-10-12-21(30-3)13-11-19/h5-13,20H,4,14-16H2,1-3H3,(H,25,27)/t20-/m1/s1. The number of rotatable bonds is 10. The highest BCUT2D eigenvalue weighted by Gasteiger charge is 2.23. The second kappa shape index (κ2) is 10.5. The topological polar surface area (TPSA) is 98.5 Å². The first-order chi connectivity index (χ1) is 15.3. The Labute approximate surface area is 188 Å². The molecule has 1 atom stereocenters. The maximum absolute atomic E-state index is 12.7. The Morgan fingerprint density at radius 3 is 2.44 bits per heavy atom. The number of hydrogen-bond acceptors (Lipinski definition) is 6. The van der Waals surface area contributed by atoms with Crippen LogP contribution in [-0.4, -0.2) is 38.2 Å². The van der Waals surface area contributed by atoms with Crippen LogP contribution >= 0.6 is 0 Å². The van der Waals surface area contributed by atoms with Gasteiger partial charge in [0, 0.05) is 11.6 Å². The summed E-state index contributed by atoms with van der Waals surface area (Å²) in [6, 6.07) is 16.8. The monoisotopic (exact) mass is 456 g/mol. The number of hydrogen-bond donors (Lipinski definition) is 1. The summed E-state index contributed by atoms with van der Waals surface area (Å²) in [5.74, 6) is -0.0269. The van der Waals surface area contributed by atoms with Gasteiger partial charge in [-0.3, -0.25) is 4.79 Å². The van der Waals surface area contributed by atoms with Gasteiger partial charge in [-0.15, -0.1) is 0 Å². The molecular formula is C24H28N2O5S. The molecule has 0 fully saturated rings. The third-order valence-corrected chi connectivity index (χ3v) is 6.54. The summed E-state index contributed by atoms with van der Waals surface area (Å²) in [6.45, 7) is 3.62. The molecule has 8 heteroatoms. The number of carbonyl (C=O) groups is 1. The Balaban J connectivity index is 1.62. The molecule has 0 unspecified atom stereocenters. The van der Waals surface area contributed by atoms with Crippen LogP contribution in [0.3, 0.4) is 0 Å². The fourth-order valence-electron chi connectivity index (χ4n) is 3.34. The van der Waals surface area contributed by atoms with Crippen LogP contribution in [0.4, 0.5) is 0 Å². The van der Waals surface area contributed by atoms with Gasteiger partial charge in [0.05, 0.1) is 18.6 Å². The minimum atomic E-state index is -3.72. The minimum Gasteiger partial charge on any atom is -0.497 e. The van der Waals surface area contributed by atoms with Crippen LogP contribution in [-0.2, 0) is 26.8 Å². The number of sulfone groups is 1. The van der Waals surface area contributed by atoms with Crippen LogP contribution in [0.15, 0.2) is 59.0 Å². The van der Waals surface area contributed by atoms with E-state index in [-0.39, 0.29) is 11.8 Å². The highest BCUT2D eigenvalue weighted by atomic mass is 32.2. The van der Waals surface area contributed by atoms with E-state index in [1.807, 2.05) is 37.3 Å². The van der Waals surface area contributed by atoms with Gasteiger partial charge in [0.25, 0.3) is 0 Å². The van der Waals surface area contributed by atoms with Gasteiger partial charge < -0.3 is 14.5 Å². The molecule has 0 radical (unpaired) electrons. The predicted molar refractivity (Wildman–Crippen MR) is 123 cm³/mol. The number of oxazole rings is 1. The van der Waals surface area contributed by atoms with Crippen LogP contribution in [0.5, 0.6) is 5.75 Å². The smallest absolute Gasteiger partial charge is 0.235 e. The number of carbonyl (C=O) groups excluding carboxylic acids is 1. The van der Waals surface area contributed by atoms with Crippen molar-refractivity contribution >= 4 is 15.7 Å². The molecule has 170 valence electrons. The van der Waals surface area contributed by atoms with Gasteiger partial charge in [0.2, 0.25) is 11.8 Å². The molecule has 1 amide bonds. The van der Waals surface area contributed by atoms with Crippen molar-refractivity contribution < 1.29 is 22.4 Å². The molecule has 2 aromatic carbocycles. The lowest BCUT2D eigenvalue weighted by atomic mass is 10.0. The van der Waals surface area contributed by atoms with Gasteiger partial charge in [0.1, 0.15) is 17.3 Å². The van der Waals surface area contributed by atoms with E-state index in [9.17, 15) is 13.2 Å². The average Bonchev–Trinajstić information content (AvgIpc) is 3.13. The summed E-state index contributed by atoms with van der Waals surface area (Å²) in [6.07, 6.45) is 1.35. The Kier molecular flexibility index (Phi) is 7.69. The molecule has 0 saturated heterocycles. The van der Waals surface area contributed by atoms with Crippen molar-refractivity contribution in [2.24, 2.45) is 0 Å². The van der Waals surface area contributed by atoms with Crippen molar-refractivity contribution in [3.05, 3.63) is 71.6 Å². The Bertz CT molecular complexity index is 1140. The molecule has 0 spiro atoms. The third kappa shape index (κ3) is 6.43. The summed E-state index contributed by atoms with van der Waals surface area (Å²) >= 11 is 0. The van der Waals surface area contributed by atoms with Gasteiger partial charge in [-0.2, -0.15) is 0 Å². The lowest BCUT2D eigenvalue weighted by molar-refractivity contribution is -0.119. The predicted octanol–water partition coefficient (Wildman–Crippen LogP) is 3.71. The number of nitrogens with zero attached hydrogens (tertiary/aromatic N) is 1. The quantitative estimate of drug-likeness (QED) is 0.499. The summed E-state index contributed by atoms with van der Waals surface area (Å²) in [5, 5.41) is 2.84. The maximum atomic E-state index is 12.7. The highest BCUT2D eigenvalue weighted by molar-refractivity contribution is 7.91. The Hall–Kier alpha value is -3.13. The van der Waals surface area contributed by atoms with Crippen LogP contribution in [0.2, 0.25) is 0 Å². The summed E-state index contributed by atoms with van der Waals surface area (Å²) < 4.78 is 36.1. The summed E-state index contributed by atoms with van der Waals surface area (Å²) in [4.78, 5) is 16.8. The summed E-state index contributed by atoms with van der Waals surface area (Å²) in [5.41, 5.74) is 2.11. The first-order valence-electron chi connectivity index (χ1n) is 10.4. The second-order valence-corrected chi connectivity index (χ2v) is 9.71. The van der Waals surface area contributed by atoms with Crippen molar-refractivity contribution in [1.82, 2.24) is 10.3 Å².